The summed E-state index contributed by atoms with van der Waals surface area (Å²) in [4.78, 5) is 0. The minimum Gasteiger partial charge on any atom is -0.494 e. The zero-order chi connectivity index (χ0) is 13.4. The van der Waals surface area contributed by atoms with Crippen molar-refractivity contribution in [3.63, 3.8) is 0 Å². The van der Waals surface area contributed by atoms with Gasteiger partial charge in [-0.05, 0) is 43.1 Å². The predicted molar refractivity (Wildman–Crippen MR) is 72.0 cm³/mol. The molecule has 4 unspecified atom stereocenters. The van der Waals surface area contributed by atoms with Gasteiger partial charge in [0.15, 0.2) is 11.6 Å². The lowest BCUT2D eigenvalue weighted by molar-refractivity contribution is 0.246. The minimum absolute atomic E-state index is 0.106. The number of ether oxygens (including phenoxy) is 1. The maximum atomic E-state index is 14.4. The van der Waals surface area contributed by atoms with Gasteiger partial charge in [-0.25, -0.2) is 4.39 Å². The Morgan fingerprint density at radius 3 is 2.79 bits per heavy atom. The number of methoxy groups -OCH3 is 1. The second kappa shape index (κ2) is 5.10. The number of nitrogens with two attached hydrogens (primary N) is 1. The minimum atomic E-state index is -0.282. The zero-order valence-electron chi connectivity index (χ0n) is 11.2. The monoisotopic (exact) mass is 264 g/mol. The summed E-state index contributed by atoms with van der Waals surface area (Å²) in [5.41, 5.74) is 3.48. The molecule has 1 aromatic rings. The first-order chi connectivity index (χ1) is 9.24. The summed E-state index contributed by atoms with van der Waals surface area (Å²) in [5.74, 6) is 7.69. The third kappa shape index (κ3) is 2.13. The summed E-state index contributed by atoms with van der Waals surface area (Å²) in [6.45, 7) is 0. The smallest absolute Gasteiger partial charge is 0.169 e. The fourth-order valence-electron chi connectivity index (χ4n) is 4.07. The Balaban J connectivity index is 1.90. The Bertz CT molecular complexity index is 465. The fraction of sp³-hybridized carbons (Fsp3) is 0.600. The highest BCUT2D eigenvalue weighted by Gasteiger charge is 2.43. The van der Waals surface area contributed by atoms with Crippen LogP contribution in [0.15, 0.2) is 18.2 Å². The van der Waals surface area contributed by atoms with Crippen molar-refractivity contribution in [3.05, 3.63) is 29.6 Å². The molecule has 0 aromatic heterocycles. The molecule has 2 bridgehead atoms. The van der Waals surface area contributed by atoms with Gasteiger partial charge in [0.25, 0.3) is 0 Å². The largest absolute Gasteiger partial charge is 0.494 e. The number of fused-ring (bicyclic) bond motifs is 2. The molecule has 4 atom stereocenters. The highest BCUT2D eigenvalue weighted by molar-refractivity contribution is 5.33. The van der Waals surface area contributed by atoms with Crippen LogP contribution < -0.4 is 16.0 Å². The maximum Gasteiger partial charge on any atom is 0.169 e. The van der Waals surface area contributed by atoms with Gasteiger partial charge < -0.3 is 4.74 Å². The Morgan fingerprint density at radius 2 is 2.21 bits per heavy atom. The van der Waals surface area contributed by atoms with Crippen molar-refractivity contribution >= 4 is 0 Å². The van der Waals surface area contributed by atoms with Crippen molar-refractivity contribution in [2.45, 2.75) is 31.7 Å². The first-order valence-electron chi connectivity index (χ1n) is 7.03. The molecule has 2 fully saturated rings. The summed E-state index contributed by atoms with van der Waals surface area (Å²) in [6.07, 6.45) is 5.04. The van der Waals surface area contributed by atoms with Crippen LogP contribution in [0.3, 0.4) is 0 Å². The average molecular weight is 264 g/mol. The van der Waals surface area contributed by atoms with E-state index in [0.717, 1.165) is 12.3 Å². The standard InChI is InChI=1S/C15H21FN2O/c1-19-13-4-2-3-11(14(13)16)15(18-17)12-8-9-5-6-10(12)7-9/h2-4,9-10,12,15,18H,5-8,17H2,1H3. The van der Waals surface area contributed by atoms with E-state index in [2.05, 4.69) is 5.43 Å². The lowest BCUT2D eigenvalue weighted by atomic mass is 9.80. The average Bonchev–Trinajstić information content (AvgIpc) is 3.04. The Morgan fingerprint density at radius 1 is 1.37 bits per heavy atom. The number of rotatable bonds is 4. The van der Waals surface area contributed by atoms with Crippen LogP contribution in [0.5, 0.6) is 5.75 Å². The number of hydrazine groups is 1. The molecule has 2 aliphatic carbocycles. The summed E-state index contributed by atoms with van der Waals surface area (Å²) in [6, 6.07) is 5.18. The van der Waals surface area contributed by atoms with E-state index in [1.807, 2.05) is 12.1 Å². The third-order valence-corrected chi connectivity index (χ3v) is 4.95. The normalized spacial score (nSPS) is 30.6. The van der Waals surface area contributed by atoms with Crippen molar-refractivity contribution < 1.29 is 9.13 Å². The number of benzene rings is 1. The zero-order valence-corrected chi connectivity index (χ0v) is 11.2. The van der Waals surface area contributed by atoms with Crippen molar-refractivity contribution in [3.8, 4) is 5.75 Å². The van der Waals surface area contributed by atoms with Gasteiger partial charge in [0.2, 0.25) is 0 Å². The van der Waals surface area contributed by atoms with Crippen molar-refractivity contribution in [1.29, 1.82) is 0 Å². The van der Waals surface area contributed by atoms with Gasteiger partial charge in [-0.2, -0.15) is 0 Å². The van der Waals surface area contributed by atoms with E-state index >= 15 is 0 Å². The summed E-state index contributed by atoms with van der Waals surface area (Å²) >= 11 is 0. The van der Waals surface area contributed by atoms with Crippen molar-refractivity contribution in [2.24, 2.45) is 23.6 Å². The van der Waals surface area contributed by atoms with Crippen LogP contribution in [-0.4, -0.2) is 7.11 Å². The molecule has 0 radical (unpaired) electrons. The molecular formula is C15H21FN2O. The molecule has 4 heteroatoms. The topological polar surface area (TPSA) is 47.3 Å². The molecule has 19 heavy (non-hydrogen) atoms. The highest BCUT2D eigenvalue weighted by Crippen LogP contribution is 2.52. The summed E-state index contributed by atoms with van der Waals surface area (Å²) in [5, 5.41) is 0. The lowest BCUT2D eigenvalue weighted by Gasteiger charge is -2.30. The predicted octanol–water partition coefficient (Wildman–Crippen LogP) is 2.77. The van der Waals surface area contributed by atoms with Crippen LogP contribution in [0.4, 0.5) is 4.39 Å². The van der Waals surface area contributed by atoms with Gasteiger partial charge in [0, 0.05) is 5.56 Å². The molecule has 2 aliphatic rings. The molecule has 104 valence electrons. The van der Waals surface area contributed by atoms with E-state index in [9.17, 15) is 4.39 Å². The molecule has 3 nitrogen and oxygen atoms in total. The molecule has 0 aliphatic heterocycles. The van der Waals surface area contributed by atoms with E-state index in [0.29, 0.717) is 23.1 Å². The second-order valence-corrected chi connectivity index (χ2v) is 5.85. The molecule has 2 saturated carbocycles. The Hall–Kier alpha value is -1.13. The third-order valence-electron chi connectivity index (χ3n) is 4.95. The Kier molecular flexibility index (Phi) is 3.46. The fourth-order valence-corrected chi connectivity index (χ4v) is 4.07. The molecule has 0 amide bonds. The number of halogens is 1. The maximum absolute atomic E-state index is 14.4. The van der Waals surface area contributed by atoms with Gasteiger partial charge in [0.05, 0.1) is 13.2 Å². The van der Waals surface area contributed by atoms with Gasteiger partial charge in [-0.15, -0.1) is 0 Å². The molecule has 0 saturated heterocycles. The Labute approximate surface area is 113 Å². The van der Waals surface area contributed by atoms with E-state index in [4.69, 9.17) is 10.6 Å². The van der Waals surface area contributed by atoms with Crippen LogP contribution in [0.25, 0.3) is 0 Å². The van der Waals surface area contributed by atoms with Crippen molar-refractivity contribution in [1.82, 2.24) is 5.43 Å². The van der Waals surface area contributed by atoms with E-state index < -0.39 is 0 Å². The second-order valence-electron chi connectivity index (χ2n) is 5.85. The van der Waals surface area contributed by atoms with Gasteiger partial charge >= 0.3 is 0 Å². The van der Waals surface area contributed by atoms with Crippen LogP contribution in [-0.2, 0) is 0 Å². The van der Waals surface area contributed by atoms with Crippen LogP contribution in [0.1, 0.15) is 37.3 Å². The number of hydrogen-bond acceptors (Lipinski definition) is 3. The molecule has 0 heterocycles. The summed E-state index contributed by atoms with van der Waals surface area (Å²) < 4.78 is 19.4. The van der Waals surface area contributed by atoms with Crippen LogP contribution in [0.2, 0.25) is 0 Å². The molecule has 3 rings (SSSR count). The van der Waals surface area contributed by atoms with E-state index in [1.54, 1.807) is 6.07 Å². The lowest BCUT2D eigenvalue weighted by Crippen LogP contribution is -2.36. The summed E-state index contributed by atoms with van der Waals surface area (Å²) in [7, 11) is 1.49. The SMILES string of the molecule is COc1cccc(C(NN)C2CC3CCC2C3)c1F. The van der Waals surface area contributed by atoms with Gasteiger partial charge in [-0.3, -0.25) is 11.3 Å². The number of nitrogens with one attached hydrogen (secondary N) is 1. The van der Waals surface area contributed by atoms with Gasteiger partial charge in [-0.1, -0.05) is 18.6 Å². The molecule has 0 spiro atoms. The molecular weight excluding hydrogens is 243 g/mol. The molecule has 1 aromatic carbocycles. The number of hydrogen-bond donors (Lipinski definition) is 2. The highest BCUT2D eigenvalue weighted by atomic mass is 19.1. The quantitative estimate of drug-likeness (QED) is 0.649. The van der Waals surface area contributed by atoms with E-state index in [1.165, 1.54) is 26.4 Å². The van der Waals surface area contributed by atoms with Crippen molar-refractivity contribution in [2.75, 3.05) is 7.11 Å². The molecule has 3 N–H and O–H groups in total. The van der Waals surface area contributed by atoms with Crippen LogP contribution >= 0.6 is 0 Å². The van der Waals surface area contributed by atoms with Crippen LogP contribution in [0, 0.1) is 23.6 Å². The first kappa shape index (κ1) is 12.9. The van der Waals surface area contributed by atoms with Gasteiger partial charge in [0.1, 0.15) is 0 Å². The first-order valence-corrected chi connectivity index (χ1v) is 7.03. The van der Waals surface area contributed by atoms with E-state index in [-0.39, 0.29) is 11.9 Å².